The molecule has 12 rings (SSSR count). The van der Waals surface area contributed by atoms with Crippen LogP contribution in [0.25, 0.3) is 91.2 Å². The number of fused-ring (bicyclic) bond motifs is 12. The molecular formula is C36H17BN2S. The minimum Gasteiger partial charge on any atom is -0.375 e. The van der Waals surface area contributed by atoms with Crippen molar-refractivity contribution in [2.45, 2.75) is 0 Å². The molecular weight excluding hydrogens is 503 g/mol. The van der Waals surface area contributed by atoms with Crippen LogP contribution < -0.4 is 10.9 Å². The van der Waals surface area contributed by atoms with Gasteiger partial charge in [0.2, 0.25) is 0 Å². The molecule has 0 spiro atoms. The monoisotopic (exact) mass is 520 g/mol. The lowest BCUT2D eigenvalue weighted by atomic mass is 9.46. The SMILES string of the molecule is c1ccc2c(c1)sc1c2ccc2c1c1cccc3c1n2B1c2cccc4c5cccc6c7ccc-3c1c7n(c24)c56. The van der Waals surface area contributed by atoms with Crippen molar-refractivity contribution in [3.8, 4) is 11.1 Å². The summed E-state index contributed by atoms with van der Waals surface area (Å²) in [4.78, 5) is 0. The quantitative estimate of drug-likeness (QED) is 0.178. The van der Waals surface area contributed by atoms with E-state index in [1.807, 2.05) is 11.3 Å². The second-order valence-electron chi connectivity index (χ2n) is 11.6. The van der Waals surface area contributed by atoms with Gasteiger partial charge in [-0.3, -0.25) is 0 Å². The molecule has 0 fully saturated rings. The fraction of sp³-hybridized carbons (Fsp3) is 0. The van der Waals surface area contributed by atoms with Crippen LogP contribution in [0.15, 0.2) is 103 Å². The highest BCUT2D eigenvalue weighted by Gasteiger charge is 2.41. The molecule has 0 amide bonds. The van der Waals surface area contributed by atoms with Gasteiger partial charge in [0.05, 0.1) is 16.6 Å². The third-order valence-corrected chi connectivity index (χ3v) is 11.2. The van der Waals surface area contributed by atoms with Crippen LogP contribution in [0.3, 0.4) is 0 Å². The van der Waals surface area contributed by atoms with Gasteiger partial charge in [-0.2, -0.15) is 0 Å². The van der Waals surface area contributed by atoms with Gasteiger partial charge < -0.3 is 8.88 Å². The molecule has 0 bridgehead atoms. The van der Waals surface area contributed by atoms with Crippen molar-refractivity contribution >= 4 is 109 Å². The minimum absolute atomic E-state index is 0.140. The number of aromatic nitrogens is 2. The third kappa shape index (κ3) is 1.80. The lowest BCUT2D eigenvalue weighted by Gasteiger charge is -2.31. The number of benzene rings is 6. The Kier molecular flexibility index (Phi) is 2.90. The van der Waals surface area contributed by atoms with Gasteiger partial charge in [-0.15, -0.1) is 11.3 Å². The van der Waals surface area contributed by atoms with E-state index in [1.54, 1.807) is 0 Å². The van der Waals surface area contributed by atoms with E-state index in [1.165, 1.54) is 102 Å². The molecule has 4 heteroatoms. The van der Waals surface area contributed by atoms with Crippen molar-refractivity contribution in [1.82, 2.24) is 8.88 Å². The Morgan fingerprint density at radius 3 is 2.15 bits per heavy atom. The zero-order valence-corrected chi connectivity index (χ0v) is 22.0. The summed E-state index contributed by atoms with van der Waals surface area (Å²) >= 11 is 1.94. The first-order chi connectivity index (χ1) is 19.9. The standard InChI is InChI=1S/C36H17BN2S/c1-2-13-29-18(6-1)25-16-17-28-30(36(25)40-29)26-11-4-7-20-19-14-15-24-22-9-3-8-21-23-10-5-12-27-34(23)38(32(21)22)35(24)31(19)37(27)39(28)33(20)26/h1-17H. The molecule has 0 saturated heterocycles. The maximum atomic E-state index is 2.69. The van der Waals surface area contributed by atoms with Gasteiger partial charge in [-0.25, -0.2) is 0 Å². The largest absolute Gasteiger partial charge is 0.375 e. The summed E-state index contributed by atoms with van der Waals surface area (Å²) in [5.74, 6) is 0. The summed E-state index contributed by atoms with van der Waals surface area (Å²) in [6.45, 7) is 0.140. The van der Waals surface area contributed by atoms with Gasteiger partial charge in [0, 0.05) is 69.1 Å². The first-order valence-electron chi connectivity index (χ1n) is 14.0. The summed E-state index contributed by atoms with van der Waals surface area (Å²) in [6.07, 6.45) is 0. The molecule has 2 aliphatic rings. The summed E-state index contributed by atoms with van der Waals surface area (Å²) in [5.41, 5.74) is 12.5. The van der Waals surface area contributed by atoms with Crippen LogP contribution in [-0.4, -0.2) is 15.7 Å². The molecule has 4 aromatic heterocycles. The smallest absolute Gasteiger partial charge is 0.333 e. The van der Waals surface area contributed by atoms with Gasteiger partial charge in [-0.1, -0.05) is 91.0 Å². The number of nitrogens with zero attached hydrogens (tertiary/aromatic N) is 2. The number of para-hydroxylation sites is 3. The number of rotatable bonds is 0. The van der Waals surface area contributed by atoms with Crippen LogP contribution in [0.1, 0.15) is 0 Å². The molecule has 2 nitrogen and oxygen atoms in total. The topological polar surface area (TPSA) is 9.34 Å². The molecule has 10 aromatic rings. The second kappa shape index (κ2) is 6.01. The Bertz CT molecular complexity index is 2830. The molecule has 0 saturated carbocycles. The van der Waals surface area contributed by atoms with Crippen molar-refractivity contribution in [1.29, 1.82) is 0 Å². The molecule has 2 aliphatic heterocycles. The zero-order valence-electron chi connectivity index (χ0n) is 21.2. The van der Waals surface area contributed by atoms with Crippen molar-refractivity contribution < 1.29 is 0 Å². The fourth-order valence-electron chi connectivity index (χ4n) is 8.66. The van der Waals surface area contributed by atoms with Gasteiger partial charge in [0.25, 0.3) is 0 Å². The molecule has 0 unspecified atom stereocenters. The Morgan fingerprint density at radius 2 is 1.23 bits per heavy atom. The molecule has 0 aliphatic carbocycles. The second-order valence-corrected chi connectivity index (χ2v) is 12.7. The average molecular weight is 520 g/mol. The van der Waals surface area contributed by atoms with Gasteiger partial charge >= 0.3 is 6.85 Å². The lowest BCUT2D eigenvalue weighted by Crippen LogP contribution is -2.53. The number of thiophene rings is 1. The van der Waals surface area contributed by atoms with Crippen molar-refractivity contribution in [2.75, 3.05) is 0 Å². The summed E-state index contributed by atoms with van der Waals surface area (Å²) in [5, 5.41) is 11.0. The fourth-order valence-corrected chi connectivity index (χ4v) is 9.91. The first kappa shape index (κ1) is 19.3. The Labute approximate surface area is 231 Å². The van der Waals surface area contributed by atoms with Gasteiger partial charge in [-0.05, 0) is 28.6 Å². The average Bonchev–Trinajstić information content (AvgIpc) is 3.74. The van der Waals surface area contributed by atoms with Crippen LogP contribution >= 0.6 is 11.3 Å². The van der Waals surface area contributed by atoms with E-state index in [0.717, 1.165) is 0 Å². The van der Waals surface area contributed by atoms with Crippen LogP contribution in [0.2, 0.25) is 0 Å². The predicted molar refractivity (Wildman–Crippen MR) is 173 cm³/mol. The Balaban J connectivity index is 1.38. The van der Waals surface area contributed by atoms with E-state index in [0.29, 0.717) is 0 Å². The van der Waals surface area contributed by atoms with E-state index in [9.17, 15) is 0 Å². The zero-order chi connectivity index (χ0) is 25.4. The Morgan fingerprint density at radius 1 is 0.500 bits per heavy atom. The van der Waals surface area contributed by atoms with Crippen LogP contribution in [0, 0.1) is 0 Å². The third-order valence-electron chi connectivity index (χ3n) is 10.0. The normalized spacial score (nSPS) is 13.9. The van der Waals surface area contributed by atoms with Crippen molar-refractivity contribution in [3.05, 3.63) is 103 Å². The van der Waals surface area contributed by atoms with E-state index >= 15 is 0 Å². The summed E-state index contributed by atoms with van der Waals surface area (Å²) < 4.78 is 8.06. The van der Waals surface area contributed by atoms with Gasteiger partial charge in [0.1, 0.15) is 0 Å². The Hall–Kier alpha value is -4.80. The number of hydrogen-bond donors (Lipinski definition) is 0. The molecule has 40 heavy (non-hydrogen) atoms. The predicted octanol–water partition coefficient (Wildman–Crippen LogP) is 8.26. The maximum Gasteiger partial charge on any atom is 0.333 e. The van der Waals surface area contributed by atoms with Crippen LogP contribution in [0.4, 0.5) is 0 Å². The summed E-state index contributed by atoms with van der Waals surface area (Å²) in [6, 6.07) is 39.2. The molecule has 6 aromatic carbocycles. The highest BCUT2D eigenvalue weighted by Crippen LogP contribution is 2.48. The highest BCUT2D eigenvalue weighted by atomic mass is 32.1. The number of hydrogen-bond acceptors (Lipinski definition) is 1. The van der Waals surface area contributed by atoms with E-state index in [2.05, 4.69) is 112 Å². The minimum atomic E-state index is 0.140. The maximum absolute atomic E-state index is 2.69. The van der Waals surface area contributed by atoms with E-state index in [-0.39, 0.29) is 6.85 Å². The molecule has 180 valence electrons. The van der Waals surface area contributed by atoms with Crippen LogP contribution in [-0.2, 0) is 0 Å². The molecule has 0 radical (unpaired) electrons. The first-order valence-corrected chi connectivity index (χ1v) is 14.8. The molecule has 0 N–H and O–H groups in total. The van der Waals surface area contributed by atoms with Gasteiger partial charge in [0.15, 0.2) is 0 Å². The van der Waals surface area contributed by atoms with Crippen molar-refractivity contribution in [3.63, 3.8) is 0 Å². The van der Waals surface area contributed by atoms with Crippen LogP contribution in [0.5, 0.6) is 0 Å². The van der Waals surface area contributed by atoms with Crippen molar-refractivity contribution in [2.24, 2.45) is 0 Å². The molecule has 0 atom stereocenters. The summed E-state index contributed by atoms with van der Waals surface area (Å²) in [7, 11) is 0. The van der Waals surface area contributed by atoms with E-state index in [4.69, 9.17) is 0 Å². The highest BCUT2D eigenvalue weighted by molar-refractivity contribution is 7.26. The molecule has 6 heterocycles. The van der Waals surface area contributed by atoms with E-state index < -0.39 is 0 Å². The lowest BCUT2D eigenvalue weighted by molar-refractivity contribution is 1.30.